The first-order valence-electron chi connectivity index (χ1n) is 4.34. The molecule has 3 heteroatoms. The van der Waals surface area contributed by atoms with Crippen LogP contribution in [0, 0.1) is 0 Å². The van der Waals surface area contributed by atoms with Crippen LogP contribution in [0.15, 0.2) is 29.2 Å². The van der Waals surface area contributed by atoms with Gasteiger partial charge in [0.2, 0.25) is 0 Å². The summed E-state index contributed by atoms with van der Waals surface area (Å²) in [5.74, 6) is 0.930. The van der Waals surface area contributed by atoms with Gasteiger partial charge in [0.1, 0.15) is 13.0 Å². The maximum absolute atomic E-state index is 5.10. The van der Waals surface area contributed by atoms with Crippen molar-refractivity contribution in [3.05, 3.63) is 24.3 Å². The number of hydrogen-bond acceptors (Lipinski definition) is 2. The molecule has 0 bridgehead atoms. The molecular weight excluding hydrogens is 196 g/mol. The summed E-state index contributed by atoms with van der Waals surface area (Å²) in [6, 6.07) is 8.29. The summed E-state index contributed by atoms with van der Waals surface area (Å²) in [6.45, 7) is 7.05. The summed E-state index contributed by atoms with van der Waals surface area (Å²) in [5.41, 5.74) is 0. The van der Waals surface area contributed by atoms with Crippen LogP contribution in [0.4, 0.5) is 0 Å². The summed E-state index contributed by atoms with van der Waals surface area (Å²) >= 11 is 2.00. The molecule has 0 unspecified atom stereocenters. The van der Waals surface area contributed by atoms with Crippen molar-refractivity contribution in [3.8, 4) is 5.75 Å². The van der Waals surface area contributed by atoms with Crippen molar-refractivity contribution in [1.82, 2.24) is 0 Å². The van der Waals surface area contributed by atoms with E-state index in [9.17, 15) is 0 Å². The smallest absolute Gasteiger partial charge is 0.118 e. The first-order chi connectivity index (χ1) is 6.01. The Bertz CT molecular complexity index is 263. The quantitative estimate of drug-likeness (QED) is 0.708. The molecule has 1 aromatic rings. The summed E-state index contributed by atoms with van der Waals surface area (Å²) in [5, 5.41) is 0. The SMILES string of the molecule is COc1ccc(S[Si](C)(C)C)cc1. The first kappa shape index (κ1) is 10.7. The van der Waals surface area contributed by atoms with E-state index in [-0.39, 0.29) is 0 Å². The Morgan fingerprint density at radius 2 is 1.62 bits per heavy atom. The van der Waals surface area contributed by atoms with Crippen LogP contribution in [0.25, 0.3) is 0 Å². The average Bonchev–Trinajstić information content (AvgIpc) is 2.03. The minimum absolute atomic E-state index is 0.930. The van der Waals surface area contributed by atoms with Crippen molar-refractivity contribution in [2.24, 2.45) is 0 Å². The Labute approximate surface area is 85.2 Å². The predicted molar refractivity (Wildman–Crippen MR) is 62.2 cm³/mol. The van der Waals surface area contributed by atoms with Gasteiger partial charge in [0.25, 0.3) is 0 Å². The van der Waals surface area contributed by atoms with Gasteiger partial charge in [-0.2, -0.15) is 11.2 Å². The third kappa shape index (κ3) is 3.87. The Kier molecular flexibility index (Phi) is 3.45. The van der Waals surface area contributed by atoms with Gasteiger partial charge in [0.05, 0.1) is 7.11 Å². The molecule has 72 valence electrons. The van der Waals surface area contributed by atoms with E-state index in [0.29, 0.717) is 0 Å². The fourth-order valence-electron chi connectivity index (χ4n) is 0.997. The highest BCUT2D eigenvalue weighted by atomic mass is 32.4. The van der Waals surface area contributed by atoms with Crippen molar-refractivity contribution in [2.45, 2.75) is 24.5 Å². The molecule has 0 fully saturated rings. The van der Waals surface area contributed by atoms with E-state index in [1.165, 1.54) is 4.90 Å². The van der Waals surface area contributed by atoms with Crippen LogP contribution in [-0.4, -0.2) is 14.3 Å². The summed E-state index contributed by atoms with van der Waals surface area (Å²) in [7, 11) is 0.645. The fourth-order valence-corrected chi connectivity index (χ4v) is 4.51. The molecule has 0 amide bonds. The zero-order valence-electron chi connectivity index (χ0n) is 8.63. The molecule has 0 aromatic heterocycles. The zero-order valence-corrected chi connectivity index (χ0v) is 10.4. The lowest BCUT2D eigenvalue weighted by Crippen LogP contribution is -2.13. The maximum atomic E-state index is 5.10. The molecule has 0 heterocycles. The van der Waals surface area contributed by atoms with Gasteiger partial charge in [-0.1, -0.05) is 19.6 Å². The van der Waals surface area contributed by atoms with E-state index in [1.54, 1.807) is 7.11 Å². The van der Waals surface area contributed by atoms with E-state index in [0.717, 1.165) is 5.75 Å². The van der Waals surface area contributed by atoms with Crippen LogP contribution in [0.1, 0.15) is 0 Å². The molecule has 0 atom stereocenters. The third-order valence-electron chi connectivity index (χ3n) is 1.48. The van der Waals surface area contributed by atoms with Crippen LogP contribution in [0.2, 0.25) is 19.6 Å². The summed E-state index contributed by atoms with van der Waals surface area (Å²) in [6.07, 6.45) is 0. The van der Waals surface area contributed by atoms with E-state index in [2.05, 4.69) is 31.8 Å². The topological polar surface area (TPSA) is 9.23 Å². The molecule has 0 saturated heterocycles. The van der Waals surface area contributed by atoms with Crippen molar-refractivity contribution in [2.75, 3.05) is 7.11 Å². The molecule has 0 spiro atoms. The third-order valence-corrected chi connectivity index (χ3v) is 5.15. The normalized spacial score (nSPS) is 11.4. The molecule has 13 heavy (non-hydrogen) atoms. The first-order valence-corrected chi connectivity index (χ1v) is 9.38. The largest absolute Gasteiger partial charge is 0.497 e. The number of methoxy groups -OCH3 is 1. The van der Waals surface area contributed by atoms with Gasteiger partial charge in [-0.15, -0.1) is 0 Å². The predicted octanol–water partition coefficient (Wildman–Crippen LogP) is 3.62. The highest BCUT2D eigenvalue weighted by Gasteiger charge is 2.14. The van der Waals surface area contributed by atoms with E-state index >= 15 is 0 Å². The second-order valence-electron chi connectivity index (χ2n) is 3.89. The van der Waals surface area contributed by atoms with Crippen LogP contribution >= 0.6 is 11.2 Å². The molecular formula is C10H16OSSi. The van der Waals surface area contributed by atoms with Gasteiger partial charge in [0, 0.05) is 4.90 Å². The van der Waals surface area contributed by atoms with Gasteiger partial charge >= 0.3 is 0 Å². The minimum Gasteiger partial charge on any atom is -0.497 e. The average molecular weight is 212 g/mol. The summed E-state index contributed by atoms with van der Waals surface area (Å²) < 4.78 is 5.10. The molecule has 1 aromatic carbocycles. The van der Waals surface area contributed by atoms with Crippen molar-refractivity contribution in [1.29, 1.82) is 0 Å². The highest BCUT2D eigenvalue weighted by molar-refractivity contribution is 8.28. The van der Waals surface area contributed by atoms with Crippen LogP contribution in [0.5, 0.6) is 5.75 Å². The molecule has 1 nitrogen and oxygen atoms in total. The van der Waals surface area contributed by atoms with Crippen LogP contribution in [0.3, 0.4) is 0 Å². The zero-order chi connectivity index (χ0) is 9.90. The van der Waals surface area contributed by atoms with Crippen molar-refractivity contribution < 1.29 is 4.74 Å². The Morgan fingerprint density at radius 3 is 2.00 bits per heavy atom. The monoisotopic (exact) mass is 212 g/mol. The summed E-state index contributed by atoms with van der Waals surface area (Å²) in [4.78, 5) is 1.35. The lowest BCUT2D eigenvalue weighted by Gasteiger charge is -2.14. The van der Waals surface area contributed by atoms with Gasteiger partial charge in [0.15, 0.2) is 0 Å². The van der Waals surface area contributed by atoms with Crippen LogP contribution < -0.4 is 4.74 Å². The second kappa shape index (κ2) is 4.20. The van der Waals surface area contributed by atoms with Gasteiger partial charge in [-0.3, -0.25) is 0 Å². The molecule has 1 rings (SSSR count). The van der Waals surface area contributed by atoms with E-state index < -0.39 is 7.22 Å². The molecule has 0 N–H and O–H groups in total. The number of benzene rings is 1. The van der Waals surface area contributed by atoms with Gasteiger partial charge in [-0.25, -0.2) is 0 Å². The minimum atomic E-state index is -1.05. The Morgan fingerprint density at radius 1 is 1.08 bits per heavy atom. The van der Waals surface area contributed by atoms with Gasteiger partial charge < -0.3 is 4.74 Å². The molecule has 0 aliphatic carbocycles. The Balaban J connectivity index is 2.70. The Hall–Kier alpha value is -0.413. The van der Waals surface area contributed by atoms with Crippen LogP contribution in [-0.2, 0) is 0 Å². The molecule has 0 aliphatic heterocycles. The highest BCUT2D eigenvalue weighted by Crippen LogP contribution is 2.29. The standard InChI is InChI=1S/C10H16OSSi/c1-11-9-5-7-10(8-6-9)12-13(2,3)4/h5-8H,1-4H3. The number of hydrogen-bond donors (Lipinski definition) is 0. The van der Waals surface area contributed by atoms with Crippen molar-refractivity contribution in [3.63, 3.8) is 0 Å². The van der Waals surface area contributed by atoms with E-state index in [1.807, 2.05) is 23.3 Å². The fraction of sp³-hybridized carbons (Fsp3) is 0.400. The lowest BCUT2D eigenvalue weighted by atomic mass is 10.3. The number of ether oxygens (including phenoxy) is 1. The molecule has 0 radical (unpaired) electrons. The molecule has 0 aliphatic rings. The number of rotatable bonds is 3. The van der Waals surface area contributed by atoms with Gasteiger partial charge in [-0.05, 0) is 24.3 Å². The maximum Gasteiger partial charge on any atom is 0.118 e. The lowest BCUT2D eigenvalue weighted by molar-refractivity contribution is 0.414. The van der Waals surface area contributed by atoms with E-state index in [4.69, 9.17) is 4.74 Å². The molecule has 0 saturated carbocycles. The van der Waals surface area contributed by atoms with Crippen molar-refractivity contribution >= 4 is 18.4 Å². The second-order valence-corrected chi connectivity index (χ2v) is 13.1.